The summed E-state index contributed by atoms with van der Waals surface area (Å²) in [6.45, 7) is 5.58. The van der Waals surface area contributed by atoms with E-state index < -0.39 is 0 Å². The molecule has 3 atom stereocenters. The average Bonchev–Trinajstić information content (AvgIpc) is 2.47. The lowest BCUT2D eigenvalue weighted by Gasteiger charge is -2.18. The van der Waals surface area contributed by atoms with Gasteiger partial charge in [0.25, 0.3) is 0 Å². The molecule has 2 rings (SSSR count). The number of rotatable bonds is 1. The van der Waals surface area contributed by atoms with E-state index in [4.69, 9.17) is 12.6 Å². The summed E-state index contributed by atoms with van der Waals surface area (Å²) >= 11 is 4.76. The molecule has 1 aromatic carbocycles. The first-order valence-corrected chi connectivity index (χ1v) is 6.06. The highest BCUT2D eigenvalue weighted by Crippen LogP contribution is 2.35. The Bertz CT molecular complexity index is 350. The summed E-state index contributed by atoms with van der Waals surface area (Å²) in [6, 6.07) is 9.24. The van der Waals surface area contributed by atoms with Gasteiger partial charge < -0.3 is 4.90 Å². The van der Waals surface area contributed by atoms with Crippen LogP contribution in [-0.2, 0) is 0 Å². The Morgan fingerprint density at radius 1 is 1.33 bits per heavy atom. The Morgan fingerprint density at radius 2 is 2.00 bits per heavy atom. The molecule has 0 spiro atoms. The van der Waals surface area contributed by atoms with Crippen LogP contribution >= 0.6 is 12.6 Å². The van der Waals surface area contributed by atoms with Gasteiger partial charge in [-0.1, -0.05) is 24.3 Å². The Kier molecular flexibility index (Phi) is 3.08. The third-order valence-electron chi connectivity index (χ3n) is 3.67. The van der Waals surface area contributed by atoms with Crippen LogP contribution in [0.25, 0.3) is 0 Å². The molecule has 0 saturated carbocycles. The molecule has 1 saturated heterocycles. The number of benzene rings is 1. The average molecular weight is 221 g/mol. The van der Waals surface area contributed by atoms with Gasteiger partial charge in [-0.25, -0.2) is 0 Å². The van der Waals surface area contributed by atoms with Crippen LogP contribution in [0.1, 0.15) is 24.0 Å². The zero-order valence-electron chi connectivity index (χ0n) is 9.64. The molecule has 0 aliphatic carbocycles. The van der Waals surface area contributed by atoms with Crippen LogP contribution < -0.4 is 0 Å². The SMILES string of the molecule is Cc1ccccc1[C@@H]1CN(C)C(C)C1S. The van der Waals surface area contributed by atoms with Gasteiger partial charge >= 0.3 is 0 Å². The zero-order valence-corrected chi connectivity index (χ0v) is 10.5. The number of aryl methyl sites for hydroxylation is 1. The first-order chi connectivity index (χ1) is 7.11. The van der Waals surface area contributed by atoms with Gasteiger partial charge in [-0.15, -0.1) is 0 Å². The van der Waals surface area contributed by atoms with E-state index in [-0.39, 0.29) is 0 Å². The van der Waals surface area contributed by atoms with Crippen molar-refractivity contribution in [1.82, 2.24) is 4.90 Å². The maximum atomic E-state index is 4.76. The number of thiol groups is 1. The maximum Gasteiger partial charge on any atom is 0.0251 e. The third kappa shape index (κ3) is 1.93. The highest BCUT2D eigenvalue weighted by Gasteiger charge is 2.35. The molecular formula is C13H19NS. The van der Waals surface area contributed by atoms with Gasteiger partial charge in [0, 0.05) is 23.8 Å². The highest BCUT2D eigenvalue weighted by atomic mass is 32.1. The lowest BCUT2D eigenvalue weighted by atomic mass is 9.92. The summed E-state index contributed by atoms with van der Waals surface area (Å²) in [5.41, 5.74) is 2.86. The summed E-state index contributed by atoms with van der Waals surface area (Å²) in [4.78, 5) is 2.40. The molecule has 1 aromatic rings. The zero-order chi connectivity index (χ0) is 11.0. The molecule has 2 heteroatoms. The van der Waals surface area contributed by atoms with Crippen LogP contribution in [0.2, 0.25) is 0 Å². The molecule has 2 unspecified atom stereocenters. The van der Waals surface area contributed by atoms with Gasteiger partial charge in [-0.2, -0.15) is 12.6 Å². The molecule has 0 aromatic heterocycles. The second-order valence-corrected chi connectivity index (χ2v) is 5.23. The molecule has 0 amide bonds. The highest BCUT2D eigenvalue weighted by molar-refractivity contribution is 7.81. The van der Waals surface area contributed by atoms with Gasteiger partial charge in [-0.05, 0) is 32.0 Å². The summed E-state index contributed by atoms with van der Waals surface area (Å²) in [6.07, 6.45) is 0. The number of likely N-dealkylation sites (tertiary alicyclic amines) is 1. The molecule has 0 radical (unpaired) electrons. The second-order valence-electron chi connectivity index (χ2n) is 4.63. The molecule has 82 valence electrons. The van der Waals surface area contributed by atoms with E-state index in [1.54, 1.807) is 0 Å². The van der Waals surface area contributed by atoms with E-state index in [0.717, 1.165) is 6.54 Å². The van der Waals surface area contributed by atoms with Crippen molar-refractivity contribution in [2.75, 3.05) is 13.6 Å². The summed E-state index contributed by atoms with van der Waals surface area (Å²) in [5.74, 6) is 0.578. The number of hydrogen-bond donors (Lipinski definition) is 1. The van der Waals surface area contributed by atoms with Crippen LogP contribution in [-0.4, -0.2) is 29.8 Å². The number of nitrogens with zero attached hydrogens (tertiary/aromatic N) is 1. The van der Waals surface area contributed by atoms with Crippen LogP contribution in [0.4, 0.5) is 0 Å². The predicted molar refractivity (Wildman–Crippen MR) is 68.8 cm³/mol. The molecule has 0 N–H and O–H groups in total. The minimum absolute atomic E-state index is 0.455. The smallest absolute Gasteiger partial charge is 0.0251 e. The van der Waals surface area contributed by atoms with E-state index in [1.165, 1.54) is 11.1 Å². The van der Waals surface area contributed by atoms with Gasteiger partial charge in [0.05, 0.1) is 0 Å². The van der Waals surface area contributed by atoms with Crippen molar-refractivity contribution in [3.63, 3.8) is 0 Å². The molecule has 1 fully saturated rings. The fraction of sp³-hybridized carbons (Fsp3) is 0.538. The normalized spacial score (nSPS) is 32.1. The molecule has 0 bridgehead atoms. The second kappa shape index (κ2) is 4.18. The van der Waals surface area contributed by atoms with Gasteiger partial charge in [0.15, 0.2) is 0 Å². The van der Waals surface area contributed by atoms with Gasteiger partial charge in [-0.3, -0.25) is 0 Å². The van der Waals surface area contributed by atoms with Crippen LogP contribution in [0.15, 0.2) is 24.3 Å². The first-order valence-electron chi connectivity index (χ1n) is 5.55. The molecule has 1 aliphatic heterocycles. The third-order valence-corrected chi connectivity index (χ3v) is 4.47. The fourth-order valence-corrected chi connectivity index (χ4v) is 2.95. The van der Waals surface area contributed by atoms with Crippen molar-refractivity contribution >= 4 is 12.6 Å². The fourth-order valence-electron chi connectivity index (χ4n) is 2.47. The van der Waals surface area contributed by atoms with Crippen LogP contribution in [0.5, 0.6) is 0 Å². The van der Waals surface area contributed by atoms with E-state index in [9.17, 15) is 0 Å². The van der Waals surface area contributed by atoms with E-state index in [0.29, 0.717) is 17.2 Å². The van der Waals surface area contributed by atoms with Crippen molar-refractivity contribution in [3.8, 4) is 0 Å². The van der Waals surface area contributed by atoms with Crippen molar-refractivity contribution < 1.29 is 0 Å². The van der Waals surface area contributed by atoms with Gasteiger partial charge in [0.1, 0.15) is 0 Å². The largest absolute Gasteiger partial charge is 0.302 e. The summed E-state index contributed by atoms with van der Waals surface area (Å²) in [5, 5.41) is 0.455. The van der Waals surface area contributed by atoms with Crippen molar-refractivity contribution in [1.29, 1.82) is 0 Å². The van der Waals surface area contributed by atoms with E-state index in [2.05, 4.69) is 50.1 Å². The van der Waals surface area contributed by atoms with Crippen molar-refractivity contribution in [2.45, 2.75) is 31.1 Å². The summed E-state index contributed by atoms with van der Waals surface area (Å²) in [7, 11) is 2.19. The quantitative estimate of drug-likeness (QED) is 0.714. The van der Waals surface area contributed by atoms with Crippen LogP contribution in [0, 0.1) is 6.92 Å². The topological polar surface area (TPSA) is 3.24 Å². The minimum Gasteiger partial charge on any atom is -0.302 e. The van der Waals surface area contributed by atoms with Crippen molar-refractivity contribution in [3.05, 3.63) is 35.4 Å². The Morgan fingerprint density at radius 3 is 2.53 bits per heavy atom. The van der Waals surface area contributed by atoms with Crippen molar-refractivity contribution in [2.24, 2.45) is 0 Å². The lowest BCUT2D eigenvalue weighted by Crippen LogP contribution is -2.26. The standard InChI is InChI=1S/C13H19NS/c1-9-6-4-5-7-11(9)12-8-14(3)10(2)13(12)15/h4-7,10,12-13,15H,8H2,1-3H3/t10?,12-,13?/m0/s1. The predicted octanol–water partition coefficient (Wildman–Crippen LogP) is 2.71. The lowest BCUT2D eigenvalue weighted by molar-refractivity contribution is 0.331. The Hall–Kier alpha value is -0.470. The molecule has 15 heavy (non-hydrogen) atoms. The molecule has 1 nitrogen and oxygen atoms in total. The first kappa shape index (κ1) is 11.0. The number of hydrogen-bond acceptors (Lipinski definition) is 2. The molecule has 1 aliphatic rings. The van der Waals surface area contributed by atoms with E-state index >= 15 is 0 Å². The van der Waals surface area contributed by atoms with Crippen LogP contribution in [0.3, 0.4) is 0 Å². The minimum atomic E-state index is 0.455. The van der Waals surface area contributed by atoms with Gasteiger partial charge in [0.2, 0.25) is 0 Å². The number of likely N-dealkylation sites (N-methyl/N-ethyl adjacent to an activating group) is 1. The van der Waals surface area contributed by atoms with E-state index in [1.807, 2.05) is 0 Å². The molecule has 1 heterocycles. The Balaban J connectivity index is 2.30. The Labute approximate surface area is 97.9 Å². The monoisotopic (exact) mass is 221 g/mol. The maximum absolute atomic E-state index is 4.76. The summed E-state index contributed by atoms with van der Waals surface area (Å²) < 4.78 is 0. The molecular weight excluding hydrogens is 202 g/mol.